The maximum Gasteiger partial charge on any atom is 0.272 e. The lowest BCUT2D eigenvalue weighted by Crippen LogP contribution is -2.33. The number of nitrogens with zero attached hydrogens (tertiary/aromatic N) is 3. The van der Waals surface area contributed by atoms with E-state index in [1.807, 2.05) is 18.2 Å². The van der Waals surface area contributed by atoms with Crippen molar-refractivity contribution in [1.29, 1.82) is 0 Å². The molecular weight excluding hydrogens is 341 g/mol. The zero-order valence-corrected chi connectivity index (χ0v) is 15.3. The molecule has 1 aromatic heterocycles. The molecule has 4 nitrogen and oxygen atoms in total. The highest BCUT2D eigenvalue weighted by atomic mass is 19.1. The van der Waals surface area contributed by atoms with Gasteiger partial charge in [-0.3, -0.25) is 4.79 Å². The van der Waals surface area contributed by atoms with Gasteiger partial charge < -0.3 is 9.80 Å². The van der Waals surface area contributed by atoms with Crippen LogP contribution in [0.5, 0.6) is 0 Å². The maximum absolute atomic E-state index is 14.0. The number of carbonyl (C=O) groups excluding carboxylic acids is 1. The molecule has 0 saturated carbocycles. The molecule has 4 rings (SSSR count). The SMILES string of the molecule is CN(CC1CCN(c2ccccc2)C1)C(=O)c1ccc2cccc(F)c2n1. The average Bonchev–Trinajstić information content (AvgIpc) is 3.16. The van der Waals surface area contributed by atoms with E-state index in [-0.39, 0.29) is 17.1 Å². The molecule has 27 heavy (non-hydrogen) atoms. The summed E-state index contributed by atoms with van der Waals surface area (Å²) in [4.78, 5) is 21.1. The van der Waals surface area contributed by atoms with E-state index >= 15 is 0 Å². The molecule has 1 aliphatic heterocycles. The topological polar surface area (TPSA) is 36.4 Å². The van der Waals surface area contributed by atoms with Crippen LogP contribution in [0.15, 0.2) is 60.7 Å². The van der Waals surface area contributed by atoms with E-state index in [1.54, 1.807) is 36.2 Å². The van der Waals surface area contributed by atoms with Crippen molar-refractivity contribution in [1.82, 2.24) is 9.88 Å². The fourth-order valence-electron chi connectivity index (χ4n) is 3.75. The van der Waals surface area contributed by atoms with Crippen LogP contribution in [0.3, 0.4) is 0 Å². The summed E-state index contributed by atoms with van der Waals surface area (Å²) in [5.41, 5.74) is 1.75. The Morgan fingerprint density at radius 1 is 1.15 bits per heavy atom. The molecule has 2 heterocycles. The van der Waals surface area contributed by atoms with Gasteiger partial charge in [0.1, 0.15) is 17.0 Å². The van der Waals surface area contributed by atoms with E-state index in [1.165, 1.54) is 11.8 Å². The Bertz CT molecular complexity index is 960. The number of halogens is 1. The van der Waals surface area contributed by atoms with E-state index < -0.39 is 5.82 Å². The van der Waals surface area contributed by atoms with Gasteiger partial charge in [-0.25, -0.2) is 9.37 Å². The van der Waals surface area contributed by atoms with Crippen LogP contribution >= 0.6 is 0 Å². The van der Waals surface area contributed by atoms with Crippen molar-refractivity contribution in [3.05, 3.63) is 72.2 Å². The largest absolute Gasteiger partial charge is 0.371 e. The Morgan fingerprint density at radius 3 is 2.78 bits per heavy atom. The quantitative estimate of drug-likeness (QED) is 0.704. The highest BCUT2D eigenvalue weighted by Gasteiger charge is 2.26. The molecule has 0 N–H and O–H groups in total. The second kappa shape index (κ2) is 7.35. The van der Waals surface area contributed by atoms with Crippen molar-refractivity contribution >= 4 is 22.5 Å². The summed E-state index contributed by atoms with van der Waals surface area (Å²) < 4.78 is 14.0. The number of anilines is 1. The van der Waals surface area contributed by atoms with Gasteiger partial charge in [-0.15, -0.1) is 0 Å². The van der Waals surface area contributed by atoms with Crippen molar-refractivity contribution in [2.45, 2.75) is 6.42 Å². The first kappa shape index (κ1) is 17.5. The van der Waals surface area contributed by atoms with Gasteiger partial charge in [-0.2, -0.15) is 0 Å². The number of fused-ring (bicyclic) bond motifs is 1. The summed E-state index contributed by atoms with van der Waals surface area (Å²) in [7, 11) is 1.79. The summed E-state index contributed by atoms with van der Waals surface area (Å²) in [6, 6.07) is 18.6. The Labute approximate surface area is 158 Å². The second-order valence-electron chi connectivity index (χ2n) is 7.13. The van der Waals surface area contributed by atoms with Gasteiger partial charge in [0.15, 0.2) is 0 Å². The molecule has 1 unspecified atom stereocenters. The third-order valence-corrected chi connectivity index (χ3v) is 5.18. The standard InChI is InChI=1S/C22H22FN3O/c1-25(14-16-12-13-26(15-16)18-7-3-2-4-8-18)22(27)20-11-10-17-6-5-9-19(23)21(17)24-20/h2-11,16H,12-15H2,1H3. The predicted molar refractivity (Wildman–Crippen MR) is 105 cm³/mol. The van der Waals surface area contributed by atoms with Crippen LogP contribution in [0, 0.1) is 11.7 Å². The number of hydrogen-bond acceptors (Lipinski definition) is 3. The van der Waals surface area contributed by atoms with Gasteiger partial charge in [0.25, 0.3) is 5.91 Å². The third kappa shape index (κ3) is 3.63. The van der Waals surface area contributed by atoms with Crippen molar-refractivity contribution < 1.29 is 9.18 Å². The van der Waals surface area contributed by atoms with Gasteiger partial charge in [0.2, 0.25) is 0 Å². The molecule has 1 amide bonds. The number of hydrogen-bond donors (Lipinski definition) is 0. The number of pyridine rings is 1. The van der Waals surface area contributed by atoms with E-state index in [2.05, 4.69) is 22.0 Å². The predicted octanol–water partition coefficient (Wildman–Crippen LogP) is 3.97. The summed E-state index contributed by atoms with van der Waals surface area (Å²) in [6.07, 6.45) is 1.05. The monoisotopic (exact) mass is 363 g/mol. The summed E-state index contributed by atoms with van der Waals surface area (Å²) in [6.45, 7) is 2.59. The zero-order chi connectivity index (χ0) is 18.8. The lowest BCUT2D eigenvalue weighted by atomic mass is 10.1. The Balaban J connectivity index is 1.43. The average molecular weight is 363 g/mol. The number of carbonyl (C=O) groups is 1. The van der Waals surface area contributed by atoms with Gasteiger partial charge >= 0.3 is 0 Å². The minimum atomic E-state index is -0.404. The normalized spacial score (nSPS) is 16.7. The summed E-state index contributed by atoms with van der Waals surface area (Å²) >= 11 is 0. The zero-order valence-electron chi connectivity index (χ0n) is 15.3. The second-order valence-corrected chi connectivity index (χ2v) is 7.13. The van der Waals surface area contributed by atoms with Crippen LogP contribution in [0.2, 0.25) is 0 Å². The van der Waals surface area contributed by atoms with Crippen LogP contribution in [-0.2, 0) is 0 Å². The molecule has 0 aliphatic carbocycles. The van der Waals surface area contributed by atoms with E-state index in [9.17, 15) is 9.18 Å². The minimum absolute atomic E-state index is 0.168. The Kier molecular flexibility index (Phi) is 4.75. The van der Waals surface area contributed by atoms with Crippen LogP contribution in [0.1, 0.15) is 16.9 Å². The molecule has 0 radical (unpaired) electrons. The van der Waals surface area contributed by atoms with Crippen LogP contribution in [-0.4, -0.2) is 42.5 Å². The minimum Gasteiger partial charge on any atom is -0.371 e. The van der Waals surface area contributed by atoms with Gasteiger partial charge in [-0.05, 0) is 36.6 Å². The fraction of sp³-hybridized carbons (Fsp3) is 0.273. The molecule has 0 bridgehead atoms. The molecule has 138 valence electrons. The highest BCUT2D eigenvalue weighted by molar-refractivity contribution is 5.94. The number of amides is 1. The lowest BCUT2D eigenvalue weighted by Gasteiger charge is -2.22. The fourth-order valence-corrected chi connectivity index (χ4v) is 3.75. The van der Waals surface area contributed by atoms with E-state index in [0.717, 1.165) is 19.5 Å². The van der Waals surface area contributed by atoms with Crippen molar-refractivity contribution in [3.8, 4) is 0 Å². The molecule has 5 heteroatoms. The number of para-hydroxylation sites is 2. The molecule has 3 aromatic rings. The van der Waals surface area contributed by atoms with Crippen LogP contribution in [0.25, 0.3) is 10.9 Å². The summed E-state index contributed by atoms with van der Waals surface area (Å²) in [5, 5.41) is 0.698. The first-order valence-electron chi connectivity index (χ1n) is 9.22. The Hall–Kier alpha value is -2.95. The van der Waals surface area contributed by atoms with E-state index in [0.29, 0.717) is 17.8 Å². The lowest BCUT2D eigenvalue weighted by molar-refractivity contribution is 0.0771. The molecule has 1 fully saturated rings. The van der Waals surface area contributed by atoms with Crippen molar-refractivity contribution in [2.75, 3.05) is 31.6 Å². The van der Waals surface area contributed by atoms with Crippen molar-refractivity contribution in [2.24, 2.45) is 5.92 Å². The number of aromatic nitrogens is 1. The third-order valence-electron chi connectivity index (χ3n) is 5.18. The molecule has 1 atom stereocenters. The molecular formula is C22H22FN3O. The van der Waals surface area contributed by atoms with Gasteiger partial charge in [0, 0.05) is 37.8 Å². The molecule has 1 aliphatic rings. The number of rotatable bonds is 4. The van der Waals surface area contributed by atoms with Crippen molar-refractivity contribution in [3.63, 3.8) is 0 Å². The first-order chi connectivity index (χ1) is 13.1. The van der Waals surface area contributed by atoms with Gasteiger partial charge in [0.05, 0.1) is 0 Å². The smallest absolute Gasteiger partial charge is 0.272 e. The van der Waals surface area contributed by atoms with Crippen LogP contribution in [0.4, 0.5) is 10.1 Å². The molecule has 1 saturated heterocycles. The first-order valence-corrected chi connectivity index (χ1v) is 9.22. The van der Waals surface area contributed by atoms with E-state index in [4.69, 9.17) is 0 Å². The Morgan fingerprint density at radius 2 is 1.96 bits per heavy atom. The highest BCUT2D eigenvalue weighted by Crippen LogP contribution is 2.24. The molecule has 2 aromatic carbocycles. The van der Waals surface area contributed by atoms with Crippen LogP contribution < -0.4 is 4.90 Å². The number of benzene rings is 2. The van der Waals surface area contributed by atoms with Gasteiger partial charge in [-0.1, -0.05) is 36.4 Å². The summed E-state index contributed by atoms with van der Waals surface area (Å²) in [5.74, 6) is -0.159. The molecule has 0 spiro atoms. The maximum atomic E-state index is 14.0.